The number of hydrogen-bond donors (Lipinski definition) is 0. The van der Waals surface area contributed by atoms with Crippen LogP contribution in [0.2, 0.25) is 0 Å². The Bertz CT molecular complexity index is 698. The number of ether oxygens (including phenoxy) is 2. The Balaban J connectivity index is 1.58. The summed E-state index contributed by atoms with van der Waals surface area (Å²) in [7, 11) is 1.74. The fourth-order valence-electron chi connectivity index (χ4n) is 3.94. The van der Waals surface area contributed by atoms with Crippen LogP contribution in [0.1, 0.15) is 28.2 Å². The van der Waals surface area contributed by atoms with Gasteiger partial charge in [-0.1, -0.05) is 30.3 Å². The second-order valence-electron chi connectivity index (χ2n) is 6.65. The summed E-state index contributed by atoms with van der Waals surface area (Å²) in [4.78, 5) is 2.51. The Kier molecular flexibility index (Phi) is 3.83. The minimum Gasteiger partial charge on any atom is -0.497 e. The van der Waals surface area contributed by atoms with Crippen molar-refractivity contribution in [3.63, 3.8) is 0 Å². The molecule has 2 heterocycles. The number of fused-ring (bicyclic) bond motifs is 3. The van der Waals surface area contributed by atoms with Crippen molar-refractivity contribution in [1.29, 1.82) is 0 Å². The Morgan fingerprint density at radius 1 is 1.17 bits per heavy atom. The van der Waals surface area contributed by atoms with Gasteiger partial charge in [0.1, 0.15) is 5.75 Å². The van der Waals surface area contributed by atoms with E-state index >= 15 is 0 Å². The van der Waals surface area contributed by atoms with Gasteiger partial charge >= 0.3 is 0 Å². The third-order valence-corrected chi connectivity index (χ3v) is 5.15. The van der Waals surface area contributed by atoms with Crippen LogP contribution in [0.5, 0.6) is 5.75 Å². The van der Waals surface area contributed by atoms with Gasteiger partial charge in [0.15, 0.2) is 0 Å². The molecule has 0 aliphatic carbocycles. The molecule has 0 unspecified atom stereocenters. The van der Waals surface area contributed by atoms with Crippen LogP contribution in [0.3, 0.4) is 0 Å². The first-order chi connectivity index (χ1) is 11.2. The van der Waals surface area contributed by atoms with Gasteiger partial charge in [0, 0.05) is 25.6 Å². The maximum Gasteiger partial charge on any atom is 0.119 e. The standard InChI is InChI=1S/C20H23NO2/c1-14-8-16(22-2)9-17-18-11-21(10-15-6-4-3-5-7-15)12-20(18)23-13-19(14)17/h3-9,18,20H,10-13H2,1-2H3/t18-,20-/m1/s1. The van der Waals surface area contributed by atoms with E-state index in [-0.39, 0.29) is 0 Å². The molecule has 2 aromatic rings. The summed E-state index contributed by atoms with van der Waals surface area (Å²) in [6.45, 7) is 5.94. The second-order valence-corrected chi connectivity index (χ2v) is 6.65. The van der Waals surface area contributed by atoms with Crippen LogP contribution < -0.4 is 4.74 Å². The highest BCUT2D eigenvalue weighted by atomic mass is 16.5. The van der Waals surface area contributed by atoms with Crippen molar-refractivity contribution in [3.05, 3.63) is 64.7 Å². The van der Waals surface area contributed by atoms with Crippen LogP contribution in [-0.2, 0) is 17.9 Å². The molecule has 2 aliphatic heterocycles. The summed E-state index contributed by atoms with van der Waals surface area (Å²) < 4.78 is 11.6. The van der Waals surface area contributed by atoms with Crippen LogP contribution in [-0.4, -0.2) is 31.2 Å². The molecule has 3 nitrogen and oxygen atoms in total. The minimum atomic E-state index is 0.303. The van der Waals surface area contributed by atoms with Gasteiger partial charge in [-0.3, -0.25) is 4.90 Å². The van der Waals surface area contributed by atoms with Crippen molar-refractivity contribution < 1.29 is 9.47 Å². The zero-order valence-electron chi connectivity index (χ0n) is 13.8. The summed E-state index contributed by atoms with van der Waals surface area (Å²) in [5.41, 5.74) is 5.43. The van der Waals surface area contributed by atoms with Gasteiger partial charge in [-0.15, -0.1) is 0 Å². The van der Waals surface area contributed by atoms with Gasteiger partial charge in [0.05, 0.1) is 19.8 Å². The number of benzene rings is 2. The van der Waals surface area contributed by atoms with E-state index in [9.17, 15) is 0 Å². The van der Waals surface area contributed by atoms with E-state index in [0.29, 0.717) is 12.0 Å². The van der Waals surface area contributed by atoms with E-state index in [0.717, 1.165) is 32.0 Å². The molecule has 0 radical (unpaired) electrons. The highest BCUT2D eigenvalue weighted by molar-refractivity contribution is 5.45. The normalized spacial score (nSPS) is 23.4. The highest BCUT2D eigenvalue weighted by Gasteiger charge is 2.39. The molecular formula is C20H23NO2. The van der Waals surface area contributed by atoms with E-state index in [1.807, 2.05) is 0 Å². The summed E-state index contributed by atoms with van der Waals surface area (Å²) in [6.07, 6.45) is 0.303. The third kappa shape index (κ3) is 2.75. The van der Waals surface area contributed by atoms with Gasteiger partial charge in [-0.25, -0.2) is 0 Å². The smallest absolute Gasteiger partial charge is 0.119 e. The molecule has 1 fully saturated rings. The SMILES string of the molecule is COc1cc(C)c2c(c1)[C@H]1CN(Cc3ccccc3)C[C@H]1OC2. The van der Waals surface area contributed by atoms with E-state index in [1.165, 1.54) is 22.3 Å². The lowest BCUT2D eigenvalue weighted by molar-refractivity contribution is 0.0245. The lowest BCUT2D eigenvalue weighted by Crippen LogP contribution is -2.27. The molecule has 1 saturated heterocycles. The van der Waals surface area contributed by atoms with Crippen molar-refractivity contribution in [3.8, 4) is 5.75 Å². The predicted molar refractivity (Wildman–Crippen MR) is 90.8 cm³/mol. The molecule has 2 aliphatic rings. The highest BCUT2D eigenvalue weighted by Crippen LogP contribution is 2.40. The van der Waals surface area contributed by atoms with E-state index in [4.69, 9.17) is 9.47 Å². The Labute approximate surface area is 137 Å². The Morgan fingerprint density at radius 2 is 2.00 bits per heavy atom. The molecule has 0 spiro atoms. The summed E-state index contributed by atoms with van der Waals surface area (Å²) in [6, 6.07) is 15.0. The van der Waals surface area contributed by atoms with Gasteiger partial charge in [0.25, 0.3) is 0 Å². The number of likely N-dealkylation sites (tertiary alicyclic amines) is 1. The second kappa shape index (κ2) is 5.99. The molecule has 120 valence electrons. The number of rotatable bonds is 3. The van der Waals surface area contributed by atoms with Crippen LogP contribution in [0.25, 0.3) is 0 Å². The number of aryl methyl sites for hydroxylation is 1. The van der Waals surface area contributed by atoms with E-state index in [1.54, 1.807) is 7.11 Å². The van der Waals surface area contributed by atoms with Gasteiger partial charge in [-0.05, 0) is 41.3 Å². The third-order valence-electron chi connectivity index (χ3n) is 5.15. The van der Waals surface area contributed by atoms with Gasteiger partial charge in [0.2, 0.25) is 0 Å². The van der Waals surface area contributed by atoms with Crippen LogP contribution in [0, 0.1) is 6.92 Å². The van der Waals surface area contributed by atoms with E-state index in [2.05, 4.69) is 54.3 Å². The first-order valence-corrected chi connectivity index (χ1v) is 8.30. The first-order valence-electron chi connectivity index (χ1n) is 8.30. The summed E-state index contributed by atoms with van der Waals surface area (Å²) in [5, 5.41) is 0. The molecular weight excluding hydrogens is 286 g/mol. The molecule has 3 heteroatoms. The molecule has 23 heavy (non-hydrogen) atoms. The zero-order valence-corrected chi connectivity index (χ0v) is 13.8. The van der Waals surface area contributed by atoms with Crippen LogP contribution in [0.4, 0.5) is 0 Å². The fraction of sp³-hybridized carbons (Fsp3) is 0.400. The molecule has 0 bridgehead atoms. The van der Waals surface area contributed by atoms with Crippen molar-refractivity contribution >= 4 is 0 Å². The predicted octanol–water partition coefficient (Wildman–Crippen LogP) is 3.50. The molecule has 2 atom stereocenters. The number of methoxy groups -OCH3 is 1. The van der Waals surface area contributed by atoms with Crippen molar-refractivity contribution in [2.24, 2.45) is 0 Å². The minimum absolute atomic E-state index is 0.303. The summed E-state index contributed by atoms with van der Waals surface area (Å²) >= 11 is 0. The lowest BCUT2D eigenvalue weighted by Gasteiger charge is -2.29. The lowest BCUT2D eigenvalue weighted by atomic mass is 9.87. The Morgan fingerprint density at radius 3 is 2.78 bits per heavy atom. The molecule has 4 rings (SSSR count). The summed E-state index contributed by atoms with van der Waals surface area (Å²) in [5.74, 6) is 1.42. The van der Waals surface area contributed by atoms with Crippen molar-refractivity contribution in [2.75, 3.05) is 20.2 Å². The monoisotopic (exact) mass is 309 g/mol. The average Bonchev–Trinajstić information content (AvgIpc) is 2.98. The average molecular weight is 309 g/mol. The topological polar surface area (TPSA) is 21.7 Å². The van der Waals surface area contributed by atoms with Crippen molar-refractivity contribution in [2.45, 2.75) is 32.1 Å². The van der Waals surface area contributed by atoms with Crippen LogP contribution in [0.15, 0.2) is 42.5 Å². The molecule has 0 N–H and O–H groups in total. The van der Waals surface area contributed by atoms with Gasteiger partial charge in [-0.2, -0.15) is 0 Å². The number of hydrogen-bond acceptors (Lipinski definition) is 3. The van der Waals surface area contributed by atoms with E-state index < -0.39 is 0 Å². The van der Waals surface area contributed by atoms with Gasteiger partial charge < -0.3 is 9.47 Å². The van der Waals surface area contributed by atoms with Crippen molar-refractivity contribution in [1.82, 2.24) is 4.90 Å². The molecule has 0 amide bonds. The molecule has 0 aromatic heterocycles. The maximum absolute atomic E-state index is 6.17. The largest absolute Gasteiger partial charge is 0.497 e. The maximum atomic E-state index is 6.17. The van der Waals surface area contributed by atoms with Crippen LogP contribution >= 0.6 is 0 Å². The zero-order chi connectivity index (χ0) is 15.8. The molecule has 2 aromatic carbocycles. The first kappa shape index (κ1) is 14.7. The molecule has 0 saturated carbocycles. The quantitative estimate of drug-likeness (QED) is 0.866. The fourth-order valence-corrected chi connectivity index (χ4v) is 3.94. The Hall–Kier alpha value is -1.84. The number of nitrogens with zero attached hydrogens (tertiary/aromatic N) is 1.